The molecule has 15 rings (SSSR count). The molecule has 1 heteroatoms. The summed E-state index contributed by atoms with van der Waals surface area (Å²) in [5.74, 6) is 0.590. The monoisotopic (exact) mass is 847 g/mol. The molecule has 12 aromatic rings. The molecule has 0 saturated heterocycles. The van der Waals surface area contributed by atoms with Crippen molar-refractivity contribution in [3.63, 3.8) is 0 Å². The van der Waals surface area contributed by atoms with Crippen molar-refractivity contribution in [2.24, 2.45) is 5.92 Å². The van der Waals surface area contributed by atoms with Gasteiger partial charge < -0.3 is 4.57 Å². The van der Waals surface area contributed by atoms with E-state index in [1.807, 2.05) is 0 Å². The van der Waals surface area contributed by atoms with Crippen LogP contribution in [0.25, 0.3) is 122 Å². The van der Waals surface area contributed by atoms with Gasteiger partial charge in [-0.1, -0.05) is 212 Å². The van der Waals surface area contributed by atoms with E-state index < -0.39 is 0 Å². The zero-order valence-corrected chi connectivity index (χ0v) is 36.6. The minimum atomic E-state index is 0.270. The summed E-state index contributed by atoms with van der Waals surface area (Å²) in [6, 6.07) is 74.6. The number of fused-ring (bicyclic) bond motifs is 5. The number of hydrogen-bond donors (Lipinski definition) is 0. The van der Waals surface area contributed by atoms with E-state index >= 15 is 0 Å². The van der Waals surface area contributed by atoms with E-state index in [1.54, 1.807) is 0 Å². The minimum Gasteiger partial charge on any atom is -0.309 e. The second-order valence-corrected chi connectivity index (χ2v) is 18.6. The average molecular weight is 848 g/mol. The zero-order chi connectivity index (χ0) is 43.7. The molecule has 0 fully saturated rings. The zero-order valence-electron chi connectivity index (χ0n) is 36.6. The van der Waals surface area contributed by atoms with Crippen molar-refractivity contribution >= 4 is 82.6 Å². The van der Waals surface area contributed by atoms with Crippen molar-refractivity contribution in [1.82, 2.24) is 4.57 Å². The number of rotatable bonds is 5. The van der Waals surface area contributed by atoms with Gasteiger partial charge in [-0.15, -0.1) is 0 Å². The van der Waals surface area contributed by atoms with Crippen molar-refractivity contribution in [2.45, 2.75) is 5.92 Å². The Labute approximate surface area is 388 Å². The fraction of sp³-hybridized carbons (Fsp3) is 0.0303. The lowest BCUT2D eigenvalue weighted by molar-refractivity contribution is 0.668. The second-order valence-electron chi connectivity index (χ2n) is 18.6. The molecule has 11 aromatic carbocycles. The third kappa shape index (κ3) is 5.26. The lowest BCUT2D eigenvalue weighted by Crippen LogP contribution is -2.22. The third-order valence-corrected chi connectivity index (χ3v) is 15.3. The first kappa shape index (κ1) is 36.8. The van der Waals surface area contributed by atoms with Gasteiger partial charge in [0.1, 0.15) is 0 Å². The summed E-state index contributed by atoms with van der Waals surface area (Å²) in [7, 11) is 0. The van der Waals surface area contributed by atoms with Crippen molar-refractivity contribution < 1.29 is 0 Å². The van der Waals surface area contributed by atoms with Crippen LogP contribution in [0.1, 0.15) is 28.2 Å². The summed E-state index contributed by atoms with van der Waals surface area (Å²) >= 11 is 0. The maximum Gasteiger partial charge on any atom is 0.0547 e. The Hall–Kier alpha value is -8.52. The van der Waals surface area contributed by atoms with Crippen LogP contribution in [0.15, 0.2) is 230 Å². The number of benzene rings is 11. The van der Waals surface area contributed by atoms with Crippen molar-refractivity contribution in [1.29, 1.82) is 0 Å². The third-order valence-electron chi connectivity index (χ3n) is 15.3. The minimum absolute atomic E-state index is 0.270. The molecule has 67 heavy (non-hydrogen) atoms. The molecule has 0 bridgehead atoms. The van der Waals surface area contributed by atoms with Crippen LogP contribution >= 0.6 is 0 Å². The van der Waals surface area contributed by atoms with Gasteiger partial charge in [0.25, 0.3) is 0 Å². The van der Waals surface area contributed by atoms with E-state index in [0.717, 1.165) is 5.69 Å². The van der Waals surface area contributed by atoms with Gasteiger partial charge in [-0.25, -0.2) is 0 Å². The molecule has 3 aliphatic carbocycles. The van der Waals surface area contributed by atoms with Gasteiger partial charge in [-0.2, -0.15) is 0 Å². The van der Waals surface area contributed by atoms with Crippen molar-refractivity contribution in [2.75, 3.05) is 0 Å². The molecule has 1 aromatic heterocycles. The highest BCUT2D eigenvalue weighted by Crippen LogP contribution is 2.53. The second kappa shape index (κ2) is 14.0. The Morgan fingerprint density at radius 2 is 0.985 bits per heavy atom. The largest absolute Gasteiger partial charge is 0.309 e. The van der Waals surface area contributed by atoms with Crippen LogP contribution in [0, 0.1) is 5.92 Å². The molecule has 310 valence electrons. The van der Waals surface area contributed by atoms with E-state index in [2.05, 4.69) is 241 Å². The van der Waals surface area contributed by atoms with Gasteiger partial charge in [-0.05, 0) is 134 Å². The first-order chi connectivity index (χ1) is 33.2. The van der Waals surface area contributed by atoms with Crippen molar-refractivity contribution in [3.8, 4) is 39.1 Å². The van der Waals surface area contributed by atoms with Crippen LogP contribution in [-0.2, 0) is 0 Å². The van der Waals surface area contributed by atoms with E-state index in [9.17, 15) is 0 Å². The molecule has 0 N–H and O–H groups in total. The predicted molar refractivity (Wildman–Crippen MR) is 285 cm³/mol. The number of nitrogens with zero attached hydrogens (tertiary/aromatic N) is 1. The highest BCUT2D eigenvalue weighted by atomic mass is 15.0. The quantitative estimate of drug-likeness (QED) is 0.152. The molecule has 0 amide bonds. The summed E-state index contributed by atoms with van der Waals surface area (Å²) in [5, 5.41) is 12.9. The van der Waals surface area contributed by atoms with Gasteiger partial charge in [0.15, 0.2) is 0 Å². The van der Waals surface area contributed by atoms with Crippen LogP contribution in [0.2, 0.25) is 0 Å². The molecule has 1 nitrogen and oxygen atoms in total. The van der Waals surface area contributed by atoms with E-state index in [0.29, 0.717) is 5.92 Å². The van der Waals surface area contributed by atoms with Crippen LogP contribution < -0.4 is 0 Å². The Morgan fingerprint density at radius 3 is 1.73 bits per heavy atom. The fourth-order valence-corrected chi connectivity index (χ4v) is 12.4. The lowest BCUT2D eigenvalue weighted by Gasteiger charge is -2.37. The number of para-hydroxylation sites is 1. The topological polar surface area (TPSA) is 4.93 Å². The van der Waals surface area contributed by atoms with E-state index in [4.69, 9.17) is 0 Å². The summed E-state index contributed by atoms with van der Waals surface area (Å²) in [5.41, 5.74) is 19.3. The van der Waals surface area contributed by atoms with Gasteiger partial charge in [0, 0.05) is 28.3 Å². The molecule has 1 heterocycles. The van der Waals surface area contributed by atoms with Crippen LogP contribution in [0.4, 0.5) is 0 Å². The van der Waals surface area contributed by atoms with Crippen LogP contribution in [-0.4, -0.2) is 4.57 Å². The molecule has 0 radical (unpaired) electrons. The summed E-state index contributed by atoms with van der Waals surface area (Å²) in [6.07, 6.45) is 14.4. The molecule has 0 aliphatic heterocycles. The van der Waals surface area contributed by atoms with Gasteiger partial charge in [0.05, 0.1) is 11.0 Å². The predicted octanol–water partition coefficient (Wildman–Crippen LogP) is 17.6. The van der Waals surface area contributed by atoms with Crippen LogP contribution in [0.3, 0.4) is 0 Å². The number of aromatic nitrogens is 1. The van der Waals surface area contributed by atoms with E-state index in [1.165, 1.54) is 132 Å². The van der Waals surface area contributed by atoms with Crippen molar-refractivity contribution in [3.05, 3.63) is 252 Å². The summed E-state index contributed by atoms with van der Waals surface area (Å²) in [6.45, 7) is 0. The molecule has 3 aliphatic rings. The fourth-order valence-electron chi connectivity index (χ4n) is 12.4. The maximum atomic E-state index is 2.48. The average Bonchev–Trinajstić information content (AvgIpc) is 3.74. The molecular weight excluding hydrogens is 807 g/mol. The lowest BCUT2D eigenvalue weighted by atomic mass is 9.66. The molecule has 2 atom stereocenters. The molecule has 2 unspecified atom stereocenters. The normalized spacial score (nSPS) is 16.1. The Bertz CT molecular complexity index is 4180. The maximum absolute atomic E-state index is 2.48. The standard InChI is InChI=1S/C66H41N/c1-4-11-40(12-5-1)48-28-19-42-25-34-57-50(30-21-44-23-32-55(48)62(42)64(44)57)46-27-36-59-61(39-46)67(47-15-8-3-9-16-47)60-38-37-53-51(17-10-18-54(53)66(59)60)52-31-22-45-24-33-56-49(41-13-6-2-7-14-41)29-20-43-26-35-58(52)65(45)63(43)56/h1-39,45,65H. The smallest absolute Gasteiger partial charge is 0.0547 e. The highest BCUT2D eigenvalue weighted by Gasteiger charge is 2.36. The number of hydrogen-bond acceptors (Lipinski definition) is 0. The highest BCUT2D eigenvalue weighted by molar-refractivity contribution is 6.28. The first-order valence-electron chi connectivity index (χ1n) is 23.6. The van der Waals surface area contributed by atoms with Gasteiger partial charge >= 0.3 is 0 Å². The van der Waals surface area contributed by atoms with Crippen LogP contribution in [0.5, 0.6) is 0 Å². The van der Waals surface area contributed by atoms with Gasteiger partial charge in [-0.3, -0.25) is 0 Å². The Balaban J connectivity index is 0.927. The van der Waals surface area contributed by atoms with Gasteiger partial charge in [0.2, 0.25) is 0 Å². The Kier molecular flexibility index (Phi) is 7.68. The summed E-state index contributed by atoms with van der Waals surface area (Å²) in [4.78, 5) is 0. The molecule has 0 spiro atoms. The van der Waals surface area contributed by atoms with E-state index in [-0.39, 0.29) is 5.92 Å². The number of allylic oxidation sites excluding steroid dienone is 6. The Morgan fingerprint density at radius 1 is 0.358 bits per heavy atom. The SMILES string of the molecule is C1=CC2C=Cc3c(-c4ccccc4)ccc4c3C2C(=C1c1cccc2c1ccc1c2c2ccc(-c3ccc5ccc6c(-c7ccccc7)ccc7ccc3c5c76)cc2n1-c1ccccc1)C=C4. The molecule has 0 saturated carbocycles. The molecular formula is C66H41N. The summed E-state index contributed by atoms with van der Waals surface area (Å²) < 4.78 is 2.48. The first-order valence-corrected chi connectivity index (χ1v) is 23.6.